The van der Waals surface area contributed by atoms with Crippen molar-refractivity contribution < 1.29 is 0 Å². The molecule has 0 aliphatic carbocycles. The number of hydrogen-bond donors (Lipinski definition) is 1. The van der Waals surface area contributed by atoms with E-state index in [0.29, 0.717) is 0 Å². The molecule has 3 heteroatoms. The first-order valence-corrected chi connectivity index (χ1v) is 6.58. The van der Waals surface area contributed by atoms with Crippen LogP contribution in [0, 0.1) is 6.92 Å². The van der Waals surface area contributed by atoms with Crippen LogP contribution in [0.3, 0.4) is 0 Å². The average molecular weight is 243 g/mol. The van der Waals surface area contributed by atoms with Crippen molar-refractivity contribution in [3.8, 4) is 11.3 Å². The molecule has 0 fully saturated rings. The van der Waals surface area contributed by atoms with Crippen molar-refractivity contribution in [3.05, 3.63) is 41.6 Å². The largest absolute Gasteiger partial charge is 0.313 e. The van der Waals surface area contributed by atoms with Crippen molar-refractivity contribution in [3.63, 3.8) is 0 Å². The molecular formula is C15H21N3. The molecule has 1 heterocycles. The highest BCUT2D eigenvalue weighted by atomic mass is 15.3. The maximum atomic E-state index is 4.35. The van der Waals surface area contributed by atoms with Gasteiger partial charge in [-0.3, -0.25) is 4.68 Å². The van der Waals surface area contributed by atoms with Crippen molar-refractivity contribution in [2.75, 3.05) is 6.54 Å². The van der Waals surface area contributed by atoms with Gasteiger partial charge in [0.25, 0.3) is 0 Å². The molecule has 3 nitrogen and oxygen atoms in total. The lowest BCUT2D eigenvalue weighted by Crippen LogP contribution is -2.11. The highest BCUT2D eigenvalue weighted by Gasteiger charge is 2.08. The summed E-state index contributed by atoms with van der Waals surface area (Å²) in [5, 5.41) is 7.71. The molecule has 2 rings (SSSR count). The molecule has 1 aromatic carbocycles. The summed E-state index contributed by atoms with van der Waals surface area (Å²) in [6.45, 7) is 9.22. The van der Waals surface area contributed by atoms with Crippen LogP contribution in [-0.4, -0.2) is 16.3 Å². The molecule has 1 N–H and O–H groups in total. The average Bonchev–Trinajstić information content (AvgIpc) is 2.86. The van der Waals surface area contributed by atoms with Crippen LogP contribution in [0.4, 0.5) is 0 Å². The smallest absolute Gasteiger partial charge is 0.0684 e. The van der Waals surface area contributed by atoms with Gasteiger partial charge in [-0.2, -0.15) is 5.10 Å². The second kappa shape index (κ2) is 5.83. The zero-order valence-corrected chi connectivity index (χ0v) is 11.4. The van der Waals surface area contributed by atoms with Gasteiger partial charge in [-0.25, -0.2) is 0 Å². The van der Waals surface area contributed by atoms with E-state index >= 15 is 0 Å². The Morgan fingerprint density at radius 1 is 1.22 bits per heavy atom. The van der Waals surface area contributed by atoms with Gasteiger partial charge in [0.05, 0.1) is 5.69 Å². The number of nitrogens with one attached hydrogen (secondary N) is 1. The highest BCUT2D eigenvalue weighted by molar-refractivity contribution is 5.64. The van der Waals surface area contributed by atoms with Crippen molar-refractivity contribution in [2.24, 2.45) is 0 Å². The Kier molecular flexibility index (Phi) is 4.15. The van der Waals surface area contributed by atoms with Gasteiger partial charge in [0.15, 0.2) is 0 Å². The molecular weight excluding hydrogens is 222 g/mol. The van der Waals surface area contributed by atoms with Gasteiger partial charge in [0.1, 0.15) is 0 Å². The molecule has 96 valence electrons. The Labute approximate surface area is 109 Å². The molecule has 18 heavy (non-hydrogen) atoms. The Hall–Kier alpha value is -1.61. The van der Waals surface area contributed by atoms with Crippen LogP contribution < -0.4 is 5.32 Å². The molecule has 0 saturated carbocycles. The van der Waals surface area contributed by atoms with Gasteiger partial charge in [-0.15, -0.1) is 0 Å². The molecule has 0 spiro atoms. The summed E-state index contributed by atoms with van der Waals surface area (Å²) >= 11 is 0. The summed E-state index contributed by atoms with van der Waals surface area (Å²) in [5.41, 5.74) is 5.10. The Morgan fingerprint density at radius 2 is 2.06 bits per heavy atom. The van der Waals surface area contributed by atoms with Crippen molar-refractivity contribution in [1.82, 2.24) is 15.1 Å². The number of aromatic nitrogens is 2. The zero-order chi connectivity index (χ0) is 13.0. The van der Waals surface area contributed by atoms with E-state index in [1.165, 1.54) is 22.4 Å². The summed E-state index contributed by atoms with van der Waals surface area (Å²) in [5.74, 6) is 0. The monoisotopic (exact) mass is 243 g/mol. The van der Waals surface area contributed by atoms with Gasteiger partial charge in [-0.05, 0) is 43.7 Å². The lowest BCUT2D eigenvalue weighted by atomic mass is 10.0. The minimum atomic E-state index is 0.902. The van der Waals surface area contributed by atoms with Crippen LogP contribution in [0.5, 0.6) is 0 Å². The number of aryl methyl sites for hydroxylation is 2. The predicted octanol–water partition coefficient (Wildman–Crippen LogP) is 2.99. The normalized spacial score (nSPS) is 10.8. The second-order valence-electron chi connectivity index (χ2n) is 4.46. The summed E-state index contributed by atoms with van der Waals surface area (Å²) in [4.78, 5) is 0. The zero-order valence-electron chi connectivity index (χ0n) is 11.4. The van der Waals surface area contributed by atoms with Crippen LogP contribution in [-0.2, 0) is 13.1 Å². The first-order chi connectivity index (χ1) is 8.76. The van der Waals surface area contributed by atoms with E-state index in [0.717, 1.165) is 19.6 Å². The molecule has 0 unspecified atom stereocenters. The van der Waals surface area contributed by atoms with Crippen molar-refractivity contribution in [2.45, 2.75) is 33.9 Å². The van der Waals surface area contributed by atoms with E-state index in [9.17, 15) is 0 Å². The predicted molar refractivity (Wildman–Crippen MR) is 75.5 cm³/mol. The van der Waals surface area contributed by atoms with Crippen LogP contribution in [0.2, 0.25) is 0 Å². The molecule has 0 amide bonds. The van der Waals surface area contributed by atoms with Gasteiger partial charge in [0, 0.05) is 24.8 Å². The molecule has 0 saturated heterocycles. The lowest BCUT2D eigenvalue weighted by Gasteiger charge is -2.11. The Morgan fingerprint density at radius 3 is 2.78 bits per heavy atom. The summed E-state index contributed by atoms with van der Waals surface area (Å²) in [7, 11) is 0. The maximum absolute atomic E-state index is 4.35. The van der Waals surface area contributed by atoms with Crippen molar-refractivity contribution in [1.29, 1.82) is 0 Å². The van der Waals surface area contributed by atoms with Gasteiger partial charge < -0.3 is 5.32 Å². The molecule has 2 aromatic rings. The molecule has 1 aromatic heterocycles. The van der Waals surface area contributed by atoms with E-state index in [4.69, 9.17) is 0 Å². The summed E-state index contributed by atoms with van der Waals surface area (Å²) in [6.07, 6.45) is 1.87. The highest BCUT2D eigenvalue weighted by Crippen LogP contribution is 2.24. The molecule has 0 aliphatic heterocycles. The maximum Gasteiger partial charge on any atom is 0.0684 e. The summed E-state index contributed by atoms with van der Waals surface area (Å²) in [6, 6.07) is 8.73. The van der Waals surface area contributed by atoms with E-state index in [2.05, 4.69) is 55.5 Å². The summed E-state index contributed by atoms with van der Waals surface area (Å²) < 4.78 is 2.04. The standard InChI is InChI=1S/C15H21N3/c1-4-16-11-13-7-6-12(3)14(10-13)15-8-9-17-18(15)5-2/h6-10,16H,4-5,11H2,1-3H3. The number of hydrogen-bond acceptors (Lipinski definition) is 2. The third-order valence-corrected chi connectivity index (χ3v) is 3.17. The first kappa shape index (κ1) is 12.8. The van der Waals surface area contributed by atoms with Crippen LogP contribution in [0.25, 0.3) is 11.3 Å². The van der Waals surface area contributed by atoms with Crippen LogP contribution in [0.15, 0.2) is 30.5 Å². The third kappa shape index (κ3) is 2.62. The number of nitrogens with zero attached hydrogens (tertiary/aromatic N) is 2. The lowest BCUT2D eigenvalue weighted by molar-refractivity contribution is 0.666. The molecule has 0 radical (unpaired) electrons. The second-order valence-corrected chi connectivity index (χ2v) is 4.46. The van der Waals surface area contributed by atoms with Crippen molar-refractivity contribution >= 4 is 0 Å². The van der Waals surface area contributed by atoms with E-state index in [1.54, 1.807) is 0 Å². The SMILES string of the molecule is CCNCc1ccc(C)c(-c2ccnn2CC)c1. The minimum Gasteiger partial charge on any atom is -0.313 e. The first-order valence-electron chi connectivity index (χ1n) is 6.58. The van der Waals surface area contributed by atoms with Crippen LogP contribution >= 0.6 is 0 Å². The Balaban J connectivity index is 2.37. The van der Waals surface area contributed by atoms with E-state index < -0.39 is 0 Å². The number of benzene rings is 1. The van der Waals surface area contributed by atoms with Gasteiger partial charge >= 0.3 is 0 Å². The number of rotatable bonds is 5. The molecule has 0 bridgehead atoms. The fourth-order valence-electron chi connectivity index (χ4n) is 2.14. The molecule has 0 atom stereocenters. The Bertz CT molecular complexity index is 514. The van der Waals surface area contributed by atoms with Gasteiger partial charge in [0.2, 0.25) is 0 Å². The topological polar surface area (TPSA) is 29.9 Å². The van der Waals surface area contributed by atoms with Gasteiger partial charge in [-0.1, -0.05) is 19.1 Å². The fourth-order valence-corrected chi connectivity index (χ4v) is 2.14. The molecule has 0 aliphatic rings. The quantitative estimate of drug-likeness (QED) is 0.875. The third-order valence-electron chi connectivity index (χ3n) is 3.17. The fraction of sp³-hybridized carbons (Fsp3) is 0.400. The van der Waals surface area contributed by atoms with Crippen LogP contribution in [0.1, 0.15) is 25.0 Å². The minimum absolute atomic E-state index is 0.902. The van der Waals surface area contributed by atoms with E-state index in [-0.39, 0.29) is 0 Å². The van der Waals surface area contributed by atoms with E-state index in [1.807, 2.05) is 10.9 Å².